The van der Waals surface area contributed by atoms with E-state index in [-0.39, 0.29) is 12.8 Å². The van der Waals surface area contributed by atoms with E-state index in [1.54, 1.807) is 13.8 Å². The van der Waals surface area contributed by atoms with Crippen LogP contribution in [0.1, 0.15) is 25.0 Å². The van der Waals surface area contributed by atoms with Gasteiger partial charge in [0.25, 0.3) is 5.91 Å². The first-order valence-electron chi connectivity index (χ1n) is 13.2. The van der Waals surface area contributed by atoms with Gasteiger partial charge >= 0.3 is 5.97 Å². The van der Waals surface area contributed by atoms with Gasteiger partial charge in [-0.15, -0.1) is 0 Å². The molecule has 0 radical (unpaired) electrons. The minimum Gasteiger partial charge on any atom is -0.457 e. The highest BCUT2D eigenvalue weighted by Gasteiger charge is 2.31. The molecule has 8 heteroatoms. The molecule has 0 aromatic heterocycles. The Labute approximate surface area is 233 Å². The number of aliphatic imine (C=N–C) groups is 1. The average Bonchev–Trinajstić information content (AvgIpc) is 2.94. The summed E-state index contributed by atoms with van der Waals surface area (Å²) in [5, 5.41) is 4.19. The highest BCUT2D eigenvalue weighted by Crippen LogP contribution is 2.20. The number of nitrogens with two attached hydrogens (primary N) is 2. The van der Waals surface area contributed by atoms with Crippen LogP contribution in [-0.2, 0) is 32.0 Å². The monoisotopic (exact) mass is 538 g/mol. The van der Waals surface area contributed by atoms with Crippen molar-refractivity contribution in [1.29, 1.82) is 0 Å². The van der Waals surface area contributed by atoms with Gasteiger partial charge in [-0.05, 0) is 52.9 Å². The van der Waals surface area contributed by atoms with E-state index < -0.39 is 41.8 Å². The lowest BCUT2D eigenvalue weighted by molar-refractivity contribution is -0.139. The van der Waals surface area contributed by atoms with E-state index in [1.807, 2.05) is 84.9 Å². The number of carbonyl (C=O) groups is 3. The van der Waals surface area contributed by atoms with Crippen LogP contribution in [-0.4, -0.2) is 53.8 Å². The Morgan fingerprint density at radius 1 is 0.800 bits per heavy atom. The average molecular weight is 539 g/mol. The zero-order chi connectivity index (χ0) is 28.8. The maximum Gasteiger partial charge on any atom is 0.374 e. The van der Waals surface area contributed by atoms with Crippen LogP contribution in [0, 0.1) is 0 Å². The predicted molar refractivity (Wildman–Crippen MR) is 158 cm³/mol. The lowest BCUT2D eigenvalue weighted by Crippen LogP contribution is -2.51. The number of hydrogen-bond donors (Lipinski definition) is 2. The molecule has 0 unspecified atom stereocenters. The molecule has 0 aliphatic carbocycles. The molecule has 0 aliphatic heterocycles. The van der Waals surface area contributed by atoms with E-state index in [4.69, 9.17) is 16.2 Å². The minimum atomic E-state index is -1.04. The summed E-state index contributed by atoms with van der Waals surface area (Å²) in [6.07, 6.45) is 0.0174. The molecule has 2 atom stereocenters. The molecule has 4 aromatic carbocycles. The van der Waals surface area contributed by atoms with Crippen LogP contribution in [0.3, 0.4) is 0 Å². The molecule has 0 bridgehead atoms. The van der Waals surface area contributed by atoms with Gasteiger partial charge in [-0.2, -0.15) is 4.99 Å². The van der Waals surface area contributed by atoms with Crippen LogP contribution < -0.4 is 11.5 Å². The van der Waals surface area contributed by atoms with Crippen molar-refractivity contribution in [3.8, 4) is 0 Å². The van der Waals surface area contributed by atoms with Crippen LogP contribution in [0.5, 0.6) is 0 Å². The fourth-order valence-corrected chi connectivity index (χ4v) is 4.61. The van der Waals surface area contributed by atoms with Crippen molar-refractivity contribution in [2.75, 3.05) is 7.05 Å². The minimum absolute atomic E-state index is 0.157. The Morgan fingerprint density at radius 2 is 1.30 bits per heavy atom. The largest absolute Gasteiger partial charge is 0.457 e. The number of esters is 1. The van der Waals surface area contributed by atoms with Gasteiger partial charge < -0.3 is 21.1 Å². The van der Waals surface area contributed by atoms with Crippen LogP contribution >= 0.6 is 0 Å². The summed E-state index contributed by atoms with van der Waals surface area (Å²) in [4.78, 5) is 44.2. The summed E-state index contributed by atoms with van der Waals surface area (Å²) >= 11 is 0. The smallest absolute Gasteiger partial charge is 0.374 e. The first-order valence-corrected chi connectivity index (χ1v) is 13.2. The third-order valence-electron chi connectivity index (χ3n) is 6.71. The highest BCUT2D eigenvalue weighted by molar-refractivity contribution is 6.36. The second-order valence-electron chi connectivity index (χ2n) is 10.1. The number of hydrogen-bond acceptors (Lipinski definition) is 5. The number of ether oxygens (including phenoxy) is 1. The van der Waals surface area contributed by atoms with E-state index in [0.717, 1.165) is 32.7 Å². The zero-order valence-corrected chi connectivity index (χ0v) is 22.9. The summed E-state index contributed by atoms with van der Waals surface area (Å²) in [5.74, 6) is -2.62. The fourth-order valence-electron chi connectivity index (χ4n) is 4.61. The molecule has 2 amide bonds. The van der Waals surface area contributed by atoms with Crippen molar-refractivity contribution in [1.82, 2.24) is 4.90 Å². The van der Waals surface area contributed by atoms with Crippen LogP contribution in [0.25, 0.3) is 21.5 Å². The molecule has 0 saturated carbocycles. The Hall–Kier alpha value is -4.56. The molecule has 0 aliphatic rings. The highest BCUT2D eigenvalue weighted by atomic mass is 16.5. The molecule has 40 heavy (non-hydrogen) atoms. The van der Waals surface area contributed by atoms with Crippen molar-refractivity contribution in [2.24, 2.45) is 16.5 Å². The maximum atomic E-state index is 13.5. The standard InChI is InChI=1S/C32H34N4O4/c1-20(2)40-32(39)29(34)35-30(37)28(19-22-13-15-24-9-5-7-11-26(24)17-22)36(3)31(38)27(33)18-21-12-14-23-8-4-6-10-25(23)16-21/h4-17,20,27-28H,18-19,33H2,1-3H3,(H2,34,35,37)/t27-,28-/m1/s1. The normalized spacial score (nSPS) is 13.3. The SMILES string of the molecule is CC(C)OC(=O)C(N)=NC(=O)[C@@H](Cc1ccc2ccccc2c1)N(C)C(=O)[C@H](N)Cc1ccc2ccccc2c1. The van der Waals surface area contributed by atoms with E-state index in [1.165, 1.54) is 11.9 Å². The summed E-state index contributed by atoms with van der Waals surface area (Å²) in [6.45, 7) is 3.33. The molecule has 206 valence electrons. The quantitative estimate of drug-likeness (QED) is 0.200. The van der Waals surface area contributed by atoms with Crippen LogP contribution in [0.2, 0.25) is 0 Å². The third-order valence-corrected chi connectivity index (χ3v) is 6.71. The van der Waals surface area contributed by atoms with Gasteiger partial charge in [-0.3, -0.25) is 9.59 Å². The van der Waals surface area contributed by atoms with Crippen LogP contribution in [0.15, 0.2) is 89.9 Å². The number of amides is 2. The van der Waals surface area contributed by atoms with Gasteiger partial charge in [-0.1, -0.05) is 84.9 Å². The van der Waals surface area contributed by atoms with Gasteiger partial charge in [0, 0.05) is 13.5 Å². The summed E-state index contributed by atoms with van der Waals surface area (Å²) in [6, 6.07) is 25.6. The molecule has 4 rings (SSSR count). The molecule has 0 spiro atoms. The van der Waals surface area contributed by atoms with Crippen molar-refractivity contribution < 1.29 is 19.1 Å². The molecule has 8 nitrogen and oxygen atoms in total. The van der Waals surface area contributed by atoms with Crippen molar-refractivity contribution in [3.05, 3.63) is 96.1 Å². The third kappa shape index (κ3) is 6.90. The van der Waals surface area contributed by atoms with Gasteiger partial charge in [0.1, 0.15) is 6.04 Å². The first-order chi connectivity index (χ1) is 19.1. The van der Waals surface area contributed by atoms with Crippen molar-refractivity contribution >= 4 is 45.2 Å². The number of likely N-dealkylation sites (N-methyl/N-ethyl adjacent to an activating group) is 1. The molecule has 4 aromatic rings. The van der Waals surface area contributed by atoms with Crippen LogP contribution in [0.4, 0.5) is 0 Å². The van der Waals surface area contributed by atoms with E-state index in [2.05, 4.69) is 4.99 Å². The van der Waals surface area contributed by atoms with Gasteiger partial charge in [-0.25, -0.2) is 4.79 Å². The number of amidine groups is 1. The molecule has 0 fully saturated rings. The lowest BCUT2D eigenvalue weighted by Gasteiger charge is -2.28. The summed E-state index contributed by atoms with van der Waals surface area (Å²) in [7, 11) is 1.52. The van der Waals surface area contributed by atoms with E-state index in [9.17, 15) is 14.4 Å². The molecule has 4 N–H and O–H groups in total. The summed E-state index contributed by atoms with van der Waals surface area (Å²) < 4.78 is 5.05. The number of rotatable bonds is 8. The number of carbonyl (C=O) groups excluding carboxylic acids is 3. The number of nitrogens with zero attached hydrogens (tertiary/aromatic N) is 2. The zero-order valence-electron chi connectivity index (χ0n) is 22.9. The summed E-state index contributed by atoms with van der Waals surface area (Å²) in [5.41, 5.74) is 13.9. The van der Waals surface area contributed by atoms with Gasteiger partial charge in [0.15, 0.2) is 0 Å². The van der Waals surface area contributed by atoms with Gasteiger partial charge in [0.05, 0.1) is 12.1 Å². The molecule has 0 heterocycles. The Bertz CT molecular complexity index is 1580. The Kier molecular flexibility index (Phi) is 8.91. The van der Waals surface area contributed by atoms with Crippen molar-refractivity contribution in [3.63, 3.8) is 0 Å². The Balaban J connectivity index is 1.58. The van der Waals surface area contributed by atoms with Crippen molar-refractivity contribution in [2.45, 2.75) is 44.9 Å². The topological polar surface area (TPSA) is 128 Å². The second kappa shape index (κ2) is 12.5. The first kappa shape index (κ1) is 28.4. The molecule has 0 saturated heterocycles. The predicted octanol–water partition coefficient (Wildman–Crippen LogP) is 3.77. The maximum absolute atomic E-state index is 13.5. The molecular weight excluding hydrogens is 504 g/mol. The number of benzene rings is 4. The second-order valence-corrected chi connectivity index (χ2v) is 10.1. The lowest BCUT2D eigenvalue weighted by atomic mass is 9.98. The van der Waals surface area contributed by atoms with E-state index in [0.29, 0.717) is 0 Å². The fraction of sp³-hybridized carbons (Fsp3) is 0.250. The Morgan fingerprint density at radius 3 is 1.82 bits per heavy atom. The van der Waals surface area contributed by atoms with Gasteiger partial charge in [0.2, 0.25) is 11.7 Å². The number of fused-ring (bicyclic) bond motifs is 2. The van der Waals surface area contributed by atoms with E-state index >= 15 is 0 Å². The molecular formula is C32H34N4O4.